The van der Waals surface area contributed by atoms with Crippen LogP contribution < -0.4 is 11.1 Å². The molecule has 3 fully saturated rings. The van der Waals surface area contributed by atoms with Gasteiger partial charge < -0.3 is 25.6 Å². The van der Waals surface area contributed by atoms with Crippen molar-refractivity contribution in [3.05, 3.63) is 0 Å². The van der Waals surface area contributed by atoms with Crippen molar-refractivity contribution in [3.63, 3.8) is 0 Å². The van der Waals surface area contributed by atoms with E-state index >= 15 is 0 Å². The largest absolute Gasteiger partial charge is 0.447 e. The Morgan fingerprint density at radius 1 is 1.04 bits per heavy atom. The van der Waals surface area contributed by atoms with Crippen molar-refractivity contribution in [2.45, 2.75) is 89.4 Å². The van der Waals surface area contributed by atoms with Gasteiger partial charge >= 0.3 is 6.09 Å². The number of nitrogens with two attached hydrogens (primary N) is 1. The van der Waals surface area contributed by atoms with Crippen molar-refractivity contribution < 1.29 is 9.53 Å². The van der Waals surface area contributed by atoms with Gasteiger partial charge in [-0.1, -0.05) is 12.8 Å². The standard InChI is InChI=1S/C21H40N4O2/c1-16(2)27-21(26)25-13-9-19(10-14-25)24-11-7-18(8-12-24)23-20-6-4-3-5-17(20)15-22/h16-20,23H,3-15,22H2,1-2H3/t17-,20+/m1/s1. The molecule has 2 saturated heterocycles. The predicted molar refractivity (Wildman–Crippen MR) is 109 cm³/mol. The van der Waals surface area contributed by atoms with Gasteiger partial charge in [-0.2, -0.15) is 0 Å². The first kappa shape index (κ1) is 20.9. The molecule has 0 bridgehead atoms. The first-order chi connectivity index (χ1) is 13.1. The lowest BCUT2D eigenvalue weighted by Crippen LogP contribution is -2.54. The summed E-state index contributed by atoms with van der Waals surface area (Å²) < 4.78 is 5.33. The van der Waals surface area contributed by atoms with Crippen LogP contribution in [-0.2, 0) is 4.74 Å². The number of nitrogens with zero attached hydrogens (tertiary/aromatic N) is 2. The smallest absolute Gasteiger partial charge is 0.410 e. The van der Waals surface area contributed by atoms with Crippen molar-refractivity contribution in [2.24, 2.45) is 11.7 Å². The van der Waals surface area contributed by atoms with Gasteiger partial charge in [0.2, 0.25) is 0 Å². The van der Waals surface area contributed by atoms with E-state index < -0.39 is 0 Å². The number of piperidine rings is 2. The molecule has 1 amide bonds. The molecule has 156 valence electrons. The number of nitrogens with one attached hydrogen (secondary N) is 1. The third kappa shape index (κ3) is 5.81. The molecule has 1 saturated carbocycles. The Morgan fingerprint density at radius 2 is 1.70 bits per heavy atom. The van der Waals surface area contributed by atoms with E-state index in [0.29, 0.717) is 24.0 Å². The van der Waals surface area contributed by atoms with E-state index in [1.54, 1.807) is 0 Å². The normalized spacial score (nSPS) is 29.3. The number of carbonyl (C=O) groups excluding carboxylic acids is 1. The number of rotatable bonds is 5. The van der Waals surface area contributed by atoms with Gasteiger partial charge in [-0.25, -0.2) is 4.79 Å². The summed E-state index contributed by atoms with van der Waals surface area (Å²) >= 11 is 0. The van der Waals surface area contributed by atoms with Crippen molar-refractivity contribution in [2.75, 3.05) is 32.7 Å². The molecule has 3 aliphatic rings. The Morgan fingerprint density at radius 3 is 2.33 bits per heavy atom. The fourth-order valence-electron chi connectivity index (χ4n) is 5.13. The molecule has 0 spiro atoms. The molecule has 0 aromatic carbocycles. The summed E-state index contributed by atoms with van der Waals surface area (Å²) in [5, 5.41) is 3.95. The molecular formula is C21H40N4O2. The van der Waals surface area contributed by atoms with E-state index in [0.717, 1.165) is 32.5 Å². The van der Waals surface area contributed by atoms with E-state index in [9.17, 15) is 4.79 Å². The Hall–Kier alpha value is -0.850. The summed E-state index contributed by atoms with van der Waals surface area (Å²) in [6.45, 7) is 8.66. The van der Waals surface area contributed by atoms with Crippen LogP contribution in [0, 0.1) is 5.92 Å². The van der Waals surface area contributed by atoms with E-state index in [1.165, 1.54) is 51.6 Å². The zero-order valence-corrected chi connectivity index (χ0v) is 17.4. The first-order valence-electron chi connectivity index (χ1n) is 11.2. The van der Waals surface area contributed by atoms with E-state index in [-0.39, 0.29) is 12.2 Å². The minimum absolute atomic E-state index is 0.0372. The van der Waals surface area contributed by atoms with E-state index in [2.05, 4.69) is 10.2 Å². The molecule has 27 heavy (non-hydrogen) atoms. The maximum atomic E-state index is 12.0. The quantitative estimate of drug-likeness (QED) is 0.767. The average molecular weight is 381 g/mol. The van der Waals surface area contributed by atoms with Crippen LogP contribution in [0.15, 0.2) is 0 Å². The SMILES string of the molecule is CC(C)OC(=O)N1CCC(N2CCC(N[C@H]3CCCC[C@@H]3CN)CC2)CC1. The number of amides is 1. The average Bonchev–Trinajstić information content (AvgIpc) is 2.68. The van der Waals surface area contributed by atoms with Crippen LogP contribution in [0.4, 0.5) is 4.79 Å². The first-order valence-corrected chi connectivity index (χ1v) is 11.2. The molecule has 3 N–H and O–H groups in total. The summed E-state index contributed by atoms with van der Waals surface area (Å²) in [4.78, 5) is 16.6. The third-order valence-electron chi connectivity index (χ3n) is 6.77. The lowest BCUT2D eigenvalue weighted by molar-refractivity contribution is 0.0480. The highest BCUT2D eigenvalue weighted by atomic mass is 16.6. The molecule has 6 nitrogen and oxygen atoms in total. The Kier molecular flexibility index (Phi) is 7.79. The second-order valence-corrected chi connectivity index (χ2v) is 9.01. The highest BCUT2D eigenvalue weighted by molar-refractivity contribution is 5.67. The Bertz CT molecular complexity index is 457. The van der Waals surface area contributed by atoms with Crippen molar-refractivity contribution >= 4 is 6.09 Å². The molecule has 2 heterocycles. The second-order valence-electron chi connectivity index (χ2n) is 9.01. The van der Waals surface area contributed by atoms with Crippen LogP contribution in [0.25, 0.3) is 0 Å². The Labute approximate surface area is 165 Å². The minimum atomic E-state index is -0.145. The fourth-order valence-corrected chi connectivity index (χ4v) is 5.13. The summed E-state index contributed by atoms with van der Waals surface area (Å²) in [6, 6.07) is 1.91. The van der Waals surface area contributed by atoms with E-state index in [1.807, 2.05) is 18.7 Å². The third-order valence-corrected chi connectivity index (χ3v) is 6.77. The Balaban J connectivity index is 1.38. The monoisotopic (exact) mass is 380 g/mol. The number of ether oxygens (including phenoxy) is 1. The molecule has 1 aliphatic carbocycles. The van der Waals surface area contributed by atoms with Crippen molar-refractivity contribution in [1.82, 2.24) is 15.1 Å². The van der Waals surface area contributed by atoms with Crippen LogP contribution in [0.3, 0.4) is 0 Å². The molecule has 2 aliphatic heterocycles. The lowest BCUT2D eigenvalue weighted by atomic mass is 9.83. The summed E-state index contributed by atoms with van der Waals surface area (Å²) in [5.41, 5.74) is 5.99. The van der Waals surface area contributed by atoms with Crippen LogP contribution in [0.1, 0.15) is 65.2 Å². The fraction of sp³-hybridized carbons (Fsp3) is 0.952. The van der Waals surface area contributed by atoms with E-state index in [4.69, 9.17) is 10.5 Å². The van der Waals surface area contributed by atoms with Gasteiger partial charge in [0.1, 0.15) is 0 Å². The van der Waals surface area contributed by atoms with Gasteiger partial charge in [-0.3, -0.25) is 0 Å². The molecule has 0 aromatic rings. The zero-order chi connectivity index (χ0) is 19.2. The molecule has 0 aromatic heterocycles. The molecule has 3 rings (SSSR count). The second kappa shape index (κ2) is 10.1. The van der Waals surface area contributed by atoms with Gasteiger partial charge in [0.25, 0.3) is 0 Å². The van der Waals surface area contributed by atoms with Gasteiger partial charge in [0.05, 0.1) is 6.10 Å². The number of hydrogen-bond acceptors (Lipinski definition) is 5. The van der Waals surface area contributed by atoms with Crippen LogP contribution >= 0.6 is 0 Å². The summed E-state index contributed by atoms with van der Waals surface area (Å²) in [5.74, 6) is 0.673. The van der Waals surface area contributed by atoms with Gasteiger partial charge in [0, 0.05) is 31.2 Å². The number of hydrogen-bond donors (Lipinski definition) is 2. The van der Waals surface area contributed by atoms with Gasteiger partial charge in [-0.05, 0) is 77.9 Å². The van der Waals surface area contributed by atoms with Crippen molar-refractivity contribution in [3.8, 4) is 0 Å². The molecule has 2 atom stereocenters. The summed E-state index contributed by atoms with van der Waals surface area (Å²) in [6.07, 6.45) is 9.74. The van der Waals surface area contributed by atoms with Gasteiger partial charge in [-0.15, -0.1) is 0 Å². The molecule has 6 heteroatoms. The number of carbonyl (C=O) groups is 1. The summed E-state index contributed by atoms with van der Waals surface area (Å²) in [7, 11) is 0. The maximum Gasteiger partial charge on any atom is 0.410 e. The highest BCUT2D eigenvalue weighted by Gasteiger charge is 2.32. The van der Waals surface area contributed by atoms with Gasteiger partial charge in [0.15, 0.2) is 0 Å². The van der Waals surface area contributed by atoms with Crippen molar-refractivity contribution in [1.29, 1.82) is 0 Å². The predicted octanol–water partition coefficient (Wildman–Crippen LogP) is 2.57. The zero-order valence-electron chi connectivity index (χ0n) is 17.4. The molecular weight excluding hydrogens is 340 g/mol. The topological polar surface area (TPSA) is 70.8 Å². The maximum absolute atomic E-state index is 12.0. The lowest BCUT2D eigenvalue weighted by Gasteiger charge is -2.43. The van der Waals surface area contributed by atoms with Crippen LogP contribution in [0.5, 0.6) is 0 Å². The molecule has 0 unspecified atom stereocenters. The number of likely N-dealkylation sites (tertiary alicyclic amines) is 2. The van der Waals surface area contributed by atoms with Crippen LogP contribution in [0.2, 0.25) is 0 Å². The molecule has 0 radical (unpaired) electrons. The van der Waals surface area contributed by atoms with Crippen LogP contribution in [-0.4, -0.2) is 72.8 Å². The highest BCUT2D eigenvalue weighted by Crippen LogP contribution is 2.26. The minimum Gasteiger partial charge on any atom is -0.447 e.